The Labute approximate surface area is 123 Å². The van der Waals surface area contributed by atoms with E-state index >= 15 is 0 Å². The first-order valence-corrected chi connectivity index (χ1v) is 6.85. The highest BCUT2D eigenvalue weighted by Crippen LogP contribution is 2.19. The van der Waals surface area contributed by atoms with Crippen LogP contribution in [-0.2, 0) is 12.8 Å². The Bertz CT molecular complexity index is 752. The second-order valence-corrected chi connectivity index (χ2v) is 4.85. The van der Waals surface area contributed by atoms with Gasteiger partial charge in [-0.25, -0.2) is 0 Å². The monoisotopic (exact) mass is 274 g/mol. The van der Waals surface area contributed by atoms with Gasteiger partial charge in [-0.15, -0.1) is 0 Å². The molecule has 0 unspecified atom stereocenters. The van der Waals surface area contributed by atoms with Crippen LogP contribution in [0.2, 0.25) is 0 Å². The van der Waals surface area contributed by atoms with Gasteiger partial charge in [0.05, 0.1) is 11.6 Å². The van der Waals surface area contributed by atoms with Crippen molar-refractivity contribution in [2.75, 3.05) is 0 Å². The molecule has 3 aromatic rings. The summed E-state index contributed by atoms with van der Waals surface area (Å²) in [6, 6.07) is 21.7. The molecule has 0 N–H and O–H groups in total. The van der Waals surface area contributed by atoms with Gasteiger partial charge in [-0.05, 0) is 24.1 Å². The Morgan fingerprint density at radius 3 is 2.43 bits per heavy atom. The van der Waals surface area contributed by atoms with Crippen molar-refractivity contribution in [2.24, 2.45) is 0 Å². The molecule has 2 aromatic carbocycles. The highest BCUT2D eigenvalue weighted by atomic mass is 16.5. The first-order chi connectivity index (χ1) is 10.3. The van der Waals surface area contributed by atoms with E-state index in [4.69, 9.17) is 9.78 Å². The lowest BCUT2D eigenvalue weighted by atomic mass is 10.1. The van der Waals surface area contributed by atoms with Crippen molar-refractivity contribution in [3.63, 3.8) is 0 Å². The maximum Gasteiger partial charge on any atom is 0.137 e. The molecule has 0 aliphatic carbocycles. The number of nitriles is 1. The second kappa shape index (κ2) is 6.06. The van der Waals surface area contributed by atoms with Crippen LogP contribution in [0.25, 0.3) is 11.3 Å². The normalized spacial score (nSPS) is 10.2. The highest BCUT2D eigenvalue weighted by molar-refractivity contribution is 5.58. The Balaban J connectivity index is 1.66. The lowest BCUT2D eigenvalue weighted by molar-refractivity contribution is 0.385. The minimum atomic E-state index is 0.685. The average molecular weight is 274 g/mol. The number of rotatable bonds is 4. The molecule has 0 amide bonds. The molecule has 3 heteroatoms. The van der Waals surface area contributed by atoms with E-state index in [1.807, 2.05) is 60.7 Å². The van der Waals surface area contributed by atoms with Crippen LogP contribution >= 0.6 is 0 Å². The van der Waals surface area contributed by atoms with E-state index in [0.717, 1.165) is 29.9 Å². The molecule has 0 saturated heterocycles. The fourth-order valence-corrected chi connectivity index (χ4v) is 2.19. The van der Waals surface area contributed by atoms with E-state index in [-0.39, 0.29) is 0 Å². The number of hydrogen-bond acceptors (Lipinski definition) is 3. The van der Waals surface area contributed by atoms with E-state index in [0.29, 0.717) is 5.56 Å². The van der Waals surface area contributed by atoms with E-state index in [1.54, 1.807) is 0 Å². The van der Waals surface area contributed by atoms with Gasteiger partial charge in [0.1, 0.15) is 11.5 Å². The molecule has 1 aromatic heterocycles. The predicted molar refractivity (Wildman–Crippen MR) is 80.5 cm³/mol. The maximum atomic E-state index is 8.77. The van der Waals surface area contributed by atoms with Gasteiger partial charge in [-0.2, -0.15) is 5.26 Å². The second-order valence-electron chi connectivity index (χ2n) is 4.85. The highest BCUT2D eigenvalue weighted by Gasteiger charge is 2.06. The Kier molecular flexibility index (Phi) is 3.79. The maximum absolute atomic E-state index is 8.77. The van der Waals surface area contributed by atoms with Crippen LogP contribution in [0.4, 0.5) is 0 Å². The van der Waals surface area contributed by atoms with Crippen LogP contribution in [0.3, 0.4) is 0 Å². The zero-order valence-corrected chi connectivity index (χ0v) is 11.5. The molecule has 1 heterocycles. The number of aromatic nitrogens is 1. The molecule has 0 aliphatic heterocycles. The standard InChI is InChI=1S/C18H14N2O/c19-13-15-8-6-14(7-9-15)10-11-17-12-18(20-21-17)16-4-2-1-3-5-16/h1-9,12H,10-11H2. The van der Waals surface area contributed by atoms with E-state index in [9.17, 15) is 0 Å². The summed E-state index contributed by atoms with van der Waals surface area (Å²) < 4.78 is 5.38. The van der Waals surface area contributed by atoms with Crippen LogP contribution in [-0.4, -0.2) is 5.16 Å². The molecule has 0 saturated carbocycles. The fraction of sp³-hybridized carbons (Fsp3) is 0.111. The summed E-state index contributed by atoms with van der Waals surface area (Å²) in [6.07, 6.45) is 1.67. The van der Waals surface area contributed by atoms with Crippen LogP contribution in [0.1, 0.15) is 16.9 Å². The first-order valence-electron chi connectivity index (χ1n) is 6.85. The Morgan fingerprint density at radius 2 is 1.71 bits per heavy atom. The van der Waals surface area contributed by atoms with Crippen LogP contribution < -0.4 is 0 Å². The van der Waals surface area contributed by atoms with Crippen LogP contribution in [0.15, 0.2) is 65.2 Å². The van der Waals surface area contributed by atoms with Gasteiger partial charge in [0, 0.05) is 18.1 Å². The van der Waals surface area contributed by atoms with Crippen molar-refractivity contribution in [1.29, 1.82) is 5.26 Å². The average Bonchev–Trinajstić information content (AvgIpc) is 3.03. The third-order valence-electron chi connectivity index (χ3n) is 3.37. The summed E-state index contributed by atoms with van der Waals surface area (Å²) in [5.74, 6) is 0.873. The van der Waals surface area contributed by atoms with Gasteiger partial charge >= 0.3 is 0 Å². The van der Waals surface area contributed by atoms with E-state index < -0.39 is 0 Å². The largest absolute Gasteiger partial charge is 0.361 e. The Morgan fingerprint density at radius 1 is 0.952 bits per heavy atom. The van der Waals surface area contributed by atoms with Crippen molar-refractivity contribution in [3.05, 3.63) is 77.6 Å². The molecule has 0 spiro atoms. The molecule has 0 fully saturated rings. The van der Waals surface area contributed by atoms with Crippen LogP contribution in [0, 0.1) is 11.3 Å². The zero-order chi connectivity index (χ0) is 14.5. The number of aryl methyl sites for hydroxylation is 2. The molecule has 3 nitrogen and oxygen atoms in total. The van der Waals surface area contributed by atoms with Crippen molar-refractivity contribution in [2.45, 2.75) is 12.8 Å². The van der Waals surface area contributed by atoms with E-state index in [1.165, 1.54) is 5.56 Å². The lowest BCUT2D eigenvalue weighted by Crippen LogP contribution is -1.89. The third-order valence-corrected chi connectivity index (χ3v) is 3.37. The number of nitrogens with zero attached hydrogens (tertiary/aromatic N) is 2. The smallest absolute Gasteiger partial charge is 0.137 e. The quantitative estimate of drug-likeness (QED) is 0.722. The van der Waals surface area contributed by atoms with Crippen molar-refractivity contribution in [1.82, 2.24) is 5.16 Å². The predicted octanol–water partition coefficient (Wildman–Crippen LogP) is 4.00. The lowest BCUT2D eigenvalue weighted by Gasteiger charge is -1.98. The summed E-state index contributed by atoms with van der Waals surface area (Å²) in [6.45, 7) is 0. The van der Waals surface area contributed by atoms with Crippen molar-refractivity contribution < 1.29 is 4.52 Å². The van der Waals surface area contributed by atoms with Gasteiger partial charge in [0.15, 0.2) is 0 Å². The number of hydrogen-bond donors (Lipinski definition) is 0. The number of benzene rings is 2. The molecular weight excluding hydrogens is 260 g/mol. The molecular formula is C18H14N2O. The first kappa shape index (κ1) is 13.1. The van der Waals surface area contributed by atoms with Gasteiger partial charge in [0.2, 0.25) is 0 Å². The molecule has 102 valence electrons. The molecule has 3 rings (SSSR count). The SMILES string of the molecule is N#Cc1ccc(CCc2cc(-c3ccccc3)no2)cc1. The molecule has 0 aliphatic rings. The minimum Gasteiger partial charge on any atom is -0.361 e. The molecule has 21 heavy (non-hydrogen) atoms. The van der Waals surface area contributed by atoms with Crippen LogP contribution in [0.5, 0.6) is 0 Å². The Hall–Kier alpha value is -2.86. The van der Waals surface area contributed by atoms with Crippen molar-refractivity contribution in [3.8, 4) is 17.3 Å². The van der Waals surface area contributed by atoms with E-state index in [2.05, 4.69) is 11.2 Å². The summed E-state index contributed by atoms with van der Waals surface area (Å²) >= 11 is 0. The topological polar surface area (TPSA) is 49.8 Å². The summed E-state index contributed by atoms with van der Waals surface area (Å²) in [5, 5.41) is 12.9. The summed E-state index contributed by atoms with van der Waals surface area (Å²) in [5.41, 5.74) is 3.80. The van der Waals surface area contributed by atoms with Gasteiger partial charge in [-0.3, -0.25) is 0 Å². The zero-order valence-electron chi connectivity index (χ0n) is 11.5. The van der Waals surface area contributed by atoms with Gasteiger partial charge in [0.25, 0.3) is 0 Å². The molecule has 0 bridgehead atoms. The third kappa shape index (κ3) is 3.18. The molecule has 0 radical (unpaired) electrons. The fourth-order valence-electron chi connectivity index (χ4n) is 2.19. The van der Waals surface area contributed by atoms with Crippen molar-refractivity contribution >= 4 is 0 Å². The van der Waals surface area contributed by atoms with Gasteiger partial charge in [-0.1, -0.05) is 47.6 Å². The summed E-state index contributed by atoms with van der Waals surface area (Å²) in [7, 11) is 0. The van der Waals surface area contributed by atoms with Gasteiger partial charge < -0.3 is 4.52 Å². The molecule has 0 atom stereocenters. The minimum absolute atomic E-state index is 0.685. The summed E-state index contributed by atoms with van der Waals surface area (Å²) in [4.78, 5) is 0.